The molecule has 0 aliphatic rings. The Morgan fingerprint density at radius 3 is 2.00 bits per heavy atom. The second-order valence-corrected chi connectivity index (χ2v) is 4.56. The summed E-state index contributed by atoms with van der Waals surface area (Å²) in [6.07, 6.45) is 1.53. The van der Waals surface area contributed by atoms with Crippen LogP contribution in [0.1, 0.15) is 0 Å². The Kier molecular flexibility index (Phi) is 3.69. The largest absolute Gasteiger partial charge is 0.481 e. The van der Waals surface area contributed by atoms with Gasteiger partial charge in [0.05, 0.1) is 20.3 Å². The second-order valence-electron chi connectivity index (χ2n) is 4.56. The number of methoxy groups -OCH3 is 2. The van der Waals surface area contributed by atoms with Crippen molar-refractivity contribution in [3.8, 4) is 34.5 Å². The monoisotopic (exact) mass is 297 g/mol. The van der Waals surface area contributed by atoms with Crippen LogP contribution in [0.15, 0.2) is 36.7 Å². The van der Waals surface area contributed by atoms with Gasteiger partial charge < -0.3 is 9.47 Å². The number of hydrogen-bond donors (Lipinski definition) is 0. The summed E-state index contributed by atoms with van der Waals surface area (Å²) in [5.74, 6) is 2.26. The van der Waals surface area contributed by atoms with Crippen LogP contribution in [0.4, 0.5) is 0 Å². The first kappa shape index (κ1) is 14.0. The summed E-state index contributed by atoms with van der Waals surface area (Å²) in [7, 11) is 4.97. The molecule has 0 fully saturated rings. The molecule has 0 aliphatic heterocycles. The molecule has 0 saturated heterocycles. The molecule has 0 saturated carbocycles. The smallest absolute Gasteiger partial charge is 0.220 e. The van der Waals surface area contributed by atoms with E-state index in [1.807, 2.05) is 31.3 Å². The molecule has 0 spiro atoms. The molecular formula is C15H15N5O2. The van der Waals surface area contributed by atoms with Gasteiger partial charge >= 0.3 is 0 Å². The number of aromatic nitrogens is 5. The molecule has 2 aromatic heterocycles. The molecule has 0 bridgehead atoms. The SMILES string of the molecule is COc1cc(OC)nc(-c2ccc(-c3ncnn3C)cc2)n1. The Morgan fingerprint density at radius 2 is 1.50 bits per heavy atom. The molecule has 0 atom stereocenters. The first-order valence-corrected chi connectivity index (χ1v) is 6.63. The van der Waals surface area contributed by atoms with E-state index in [1.165, 1.54) is 6.33 Å². The van der Waals surface area contributed by atoms with Crippen molar-refractivity contribution in [1.82, 2.24) is 24.7 Å². The molecule has 3 aromatic rings. The normalized spacial score (nSPS) is 10.5. The minimum atomic E-state index is 0.458. The zero-order valence-corrected chi connectivity index (χ0v) is 12.5. The molecule has 7 nitrogen and oxygen atoms in total. The van der Waals surface area contributed by atoms with Crippen LogP contribution in [0, 0.1) is 0 Å². The van der Waals surface area contributed by atoms with Gasteiger partial charge in [-0.3, -0.25) is 0 Å². The van der Waals surface area contributed by atoms with Gasteiger partial charge in [-0.25, -0.2) is 9.67 Å². The summed E-state index contributed by atoms with van der Waals surface area (Å²) < 4.78 is 12.1. The molecule has 112 valence electrons. The van der Waals surface area contributed by atoms with Crippen molar-refractivity contribution in [3.63, 3.8) is 0 Å². The van der Waals surface area contributed by atoms with Crippen LogP contribution in [0.2, 0.25) is 0 Å². The topological polar surface area (TPSA) is 75.0 Å². The lowest BCUT2D eigenvalue weighted by Crippen LogP contribution is -1.97. The summed E-state index contributed by atoms with van der Waals surface area (Å²) >= 11 is 0. The fourth-order valence-corrected chi connectivity index (χ4v) is 2.07. The predicted molar refractivity (Wildman–Crippen MR) is 80.6 cm³/mol. The quantitative estimate of drug-likeness (QED) is 0.732. The Hall–Kier alpha value is -2.96. The van der Waals surface area contributed by atoms with E-state index >= 15 is 0 Å². The van der Waals surface area contributed by atoms with Crippen molar-refractivity contribution in [2.75, 3.05) is 14.2 Å². The number of ether oxygens (including phenoxy) is 2. The third-order valence-corrected chi connectivity index (χ3v) is 3.21. The maximum Gasteiger partial charge on any atom is 0.220 e. The van der Waals surface area contributed by atoms with Crippen molar-refractivity contribution < 1.29 is 9.47 Å². The fourth-order valence-electron chi connectivity index (χ4n) is 2.07. The van der Waals surface area contributed by atoms with Gasteiger partial charge in [-0.2, -0.15) is 15.1 Å². The summed E-state index contributed by atoms with van der Waals surface area (Å²) in [5, 5.41) is 4.07. The molecule has 1 aromatic carbocycles. The molecule has 7 heteroatoms. The molecule has 0 aliphatic carbocycles. The Labute approximate surface area is 127 Å². The first-order valence-electron chi connectivity index (χ1n) is 6.63. The van der Waals surface area contributed by atoms with E-state index in [0.717, 1.165) is 17.0 Å². The lowest BCUT2D eigenvalue weighted by atomic mass is 10.1. The minimum absolute atomic E-state index is 0.458. The highest BCUT2D eigenvalue weighted by molar-refractivity contribution is 5.63. The first-order chi connectivity index (χ1) is 10.7. The van der Waals surface area contributed by atoms with Crippen LogP contribution >= 0.6 is 0 Å². The summed E-state index contributed by atoms with van der Waals surface area (Å²) in [6, 6.07) is 9.40. The highest BCUT2D eigenvalue weighted by Crippen LogP contribution is 2.24. The van der Waals surface area contributed by atoms with Gasteiger partial charge in [0.15, 0.2) is 11.6 Å². The van der Waals surface area contributed by atoms with Crippen molar-refractivity contribution in [2.24, 2.45) is 7.05 Å². The number of rotatable bonds is 4. The van der Waals surface area contributed by atoms with E-state index in [1.54, 1.807) is 25.0 Å². The van der Waals surface area contributed by atoms with Crippen molar-refractivity contribution >= 4 is 0 Å². The second kappa shape index (κ2) is 5.80. The molecule has 3 rings (SSSR count). The van der Waals surface area contributed by atoms with Crippen LogP contribution in [-0.2, 0) is 7.05 Å². The van der Waals surface area contributed by atoms with Gasteiger partial charge in [0.1, 0.15) is 6.33 Å². The van der Waals surface area contributed by atoms with Crippen molar-refractivity contribution in [3.05, 3.63) is 36.7 Å². The third-order valence-electron chi connectivity index (χ3n) is 3.21. The van der Waals surface area contributed by atoms with Gasteiger partial charge in [0.2, 0.25) is 11.8 Å². The van der Waals surface area contributed by atoms with Crippen molar-refractivity contribution in [2.45, 2.75) is 0 Å². The van der Waals surface area contributed by atoms with E-state index in [9.17, 15) is 0 Å². The van der Waals surface area contributed by atoms with Crippen LogP contribution in [0.5, 0.6) is 11.8 Å². The van der Waals surface area contributed by atoms with E-state index in [0.29, 0.717) is 17.6 Å². The highest BCUT2D eigenvalue weighted by Gasteiger charge is 2.09. The zero-order valence-electron chi connectivity index (χ0n) is 12.5. The van der Waals surface area contributed by atoms with Gasteiger partial charge in [0.25, 0.3) is 0 Å². The van der Waals surface area contributed by atoms with Crippen LogP contribution in [0.25, 0.3) is 22.8 Å². The average Bonchev–Trinajstić information content (AvgIpc) is 3.00. The van der Waals surface area contributed by atoms with E-state index < -0.39 is 0 Å². The Bertz CT molecular complexity index is 761. The Balaban J connectivity index is 1.98. The van der Waals surface area contributed by atoms with Gasteiger partial charge in [0, 0.05) is 18.2 Å². The number of aryl methyl sites for hydroxylation is 1. The van der Waals surface area contributed by atoms with Gasteiger partial charge in [-0.1, -0.05) is 24.3 Å². The molecule has 22 heavy (non-hydrogen) atoms. The number of nitrogens with zero attached hydrogens (tertiary/aromatic N) is 5. The standard InChI is InChI=1S/C15H15N5O2/c1-20-15(16-9-17-20)11-6-4-10(5-7-11)14-18-12(21-2)8-13(19-14)22-3/h4-9H,1-3H3. The number of hydrogen-bond acceptors (Lipinski definition) is 6. The average molecular weight is 297 g/mol. The van der Waals surface area contributed by atoms with Crippen LogP contribution in [-0.4, -0.2) is 39.0 Å². The zero-order chi connectivity index (χ0) is 15.5. The lowest BCUT2D eigenvalue weighted by Gasteiger charge is -2.07. The third kappa shape index (κ3) is 2.60. The van der Waals surface area contributed by atoms with Gasteiger partial charge in [-0.15, -0.1) is 0 Å². The summed E-state index contributed by atoms with van der Waals surface area (Å²) in [5.41, 5.74) is 1.83. The Morgan fingerprint density at radius 1 is 0.909 bits per heavy atom. The highest BCUT2D eigenvalue weighted by atomic mass is 16.5. The maximum atomic E-state index is 5.16. The lowest BCUT2D eigenvalue weighted by molar-refractivity contribution is 0.372. The fraction of sp³-hybridized carbons (Fsp3) is 0.200. The molecule has 0 unspecified atom stereocenters. The number of benzene rings is 1. The predicted octanol–water partition coefficient (Wildman–Crippen LogP) is 1.96. The molecule has 2 heterocycles. The summed E-state index contributed by atoms with van der Waals surface area (Å²) in [4.78, 5) is 12.9. The molecule has 0 radical (unpaired) electrons. The molecule has 0 amide bonds. The van der Waals surface area contributed by atoms with E-state index in [2.05, 4.69) is 20.1 Å². The van der Waals surface area contributed by atoms with Crippen LogP contribution < -0.4 is 9.47 Å². The van der Waals surface area contributed by atoms with Crippen LogP contribution in [0.3, 0.4) is 0 Å². The maximum absolute atomic E-state index is 5.16. The van der Waals surface area contributed by atoms with Crippen molar-refractivity contribution in [1.29, 1.82) is 0 Å². The van der Waals surface area contributed by atoms with Gasteiger partial charge in [-0.05, 0) is 0 Å². The van der Waals surface area contributed by atoms with E-state index in [-0.39, 0.29) is 0 Å². The molecular weight excluding hydrogens is 282 g/mol. The minimum Gasteiger partial charge on any atom is -0.481 e. The van der Waals surface area contributed by atoms with E-state index in [4.69, 9.17) is 9.47 Å². The molecule has 0 N–H and O–H groups in total. The summed E-state index contributed by atoms with van der Waals surface area (Å²) in [6.45, 7) is 0.